The summed E-state index contributed by atoms with van der Waals surface area (Å²) in [5.74, 6) is 1.88. The Bertz CT molecular complexity index is 2780. The van der Waals surface area contributed by atoms with Crippen LogP contribution in [-0.2, 0) is 0 Å². The van der Waals surface area contributed by atoms with E-state index in [4.69, 9.17) is 15.0 Å². The molecule has 4 nitrogen and oxygen atoms in total. The molecule has 0 saturated heterocycles. The SMILES string of the molecule is c1ccc(-c2nc(-c3ccccc3)nc(-n3c4ccc(-c5ccc6sc7ccccc7c6c5)cc4c4c5ccccc5ccc43)n2)cc1. The van der Waals surface area contributed by atoms with Crippen molar-refractivity contribution in [2.24, 2.45) is 0 Å². The molecule has 0 amide bonds. The summed E-state index contributed by atoms with van der Waals surface area (Å²) in [6.07, 6.45) is 0. The van der Waals surface area contributed by atoms with Gasteiger partial charge >= 0.3 is 0 Å². The first kappa shape index (κ1) is 27.0. The molecular weight excluding hydrogens is 605 g/mol. The van der Waals surface area contributed by atoms with E-state index in [-0.39, 0.29) is 0 Å². The first-order valence-corrected chi connectivity index (χ1v) is 16.9. The van der Waals surface area contributed by atoms with Gasteiger partial charge in [-0.25, -0.2) is 4.98 Å². The van der Waals surface area contributed by atoms with Gasteiger partial charge in [0.25, 0.3) is 0 Å². The van der Waals surface area contributed by atoms with Gasteiger partial charge in [0.1, 0.15) is 0 Å². The average Bonchev–Trinajstić information content (AvgIpc) is 3.70. The fourth-order valence-electron chi connectivity index (χ4n) is 6.99. The van der Waals surface area contributed by atoms with Crippen molar-refractivity contribution in [1.82, 2.24) is 19.5 Å². The topological polar surface area (TPSA) is 43.6 Å². The summed E-state index contributed by atoms with van der Waals surface area (Å²) in [5.41, 5.74) is 6.39. The van der Waals surface area contributed by atoms with Crippen molar-refractivity contribution in [3.8, 4) is 39.9 Å². The Balaban J connectivity index is 1.26. The monoisotopic (exact) mass is 630 g/mol. The Morgan fingerprint density at radius 1 is 0.396 bits per heavy atom. The molecule has 0 aliphatic carbocycles. The Hall–Kier alpha value is -6.17. The van der Waals surface area contributed by atoms with Gasteiger partial charge < -0.3 is 0 Å². The molecule has 0 saturated carbocycles. The summed E-state index contributed by atoms with van der Waals surface area (Å²) >= 11 is 1.85. The first-order chi connectivity index (χ1) is 23.8. The predicted molar refractivity (Wildman–Crippen MR) is 201 cm³/mol. The molecule has 10 rings (SSSR count). The van der Waals surface area contributed by atoms with Gasteiger partial charge in [0.15, 0.2) is 11.6 Å². The van der Waals surface area contributed by atoms with Gasteiger partial charge in [-0.15, -0.1) is 11.3 Å². The predicted octanol–water partition coefficient (Wildman–Crippen LogP) is 11.5. The summed E-state index contributed by atoms with van der Waals surface area (Å²) in [7, 11) is 0. The van der Waals surface area contributed by atoms with E-state index in [9.17, 15) is 0 Å². The first-order valence-electron chi connectivity index (χ1n) is 16.0. The molecule has 0 N–H and O–H groups in total. The molecule has 0 atom stereocenters. The highest BCUT2D eigenvalue weighted by Crippen LogP contribution is 2.40. The molecule has 5 heteroatoms. The Morgan fingerprint density at radius 3 is 1.73 bits per heavy atom. The van der Waals surface area contributed by atoms with Gasteiger partial charge in [0.2, 0.25) is 5.95 Å². The van der Waals surface area contributed by atoms with Crippen molar-refractivity contribution >= 4 is 64.1 Å². The van der Waals surface area contributed by atoms with E-state index in [0.717, 1.165) is 27.5 Å². The van der Waals surface area contributed by atoms with Crippen LogP contribution < -0.4 is 0 Å². The van der Waals surface area contributed by atoms with Gasteiger partial charge in [-0.05, 0) is 58.3 Å². The highest BCUT2D eigenvalue weighted by Gasteiger charge is 2.20. The lowest BCUT2D eigenvalue weighted by molar-refractivity contribution is 0.953. The Labute approximate surface area is 280 Å². The van der Waals surface area contributed by atoms with Crippen LogP contribution in [0.3, 0.4) is 0 Å². The molecular formula is C43H26N4S. The molecule has 48 heavy (non-hydrogen) atoms. The second kappa shape index (κ2) is 10.7. The molecule has 0 aliphatic heterocycles. The van der Waals surface area contributed by atoms with E-state index in [2.05, 4.69) is 102 Å². The zero-order chi connectivity index (χ0) is 31.6. The molecule has 10 aromatic rings. The van der Waals surface area contributed by atoms with Crippen LogP contribution in [0.15, 0.2) is 158 Å². The van der Waals surface area contributed by atoms with Crippen molar-refractivity contribution in [3.05, 3.63) is 158 Å². The molecule has 0 fully saturated rings. The van der Waals surface area contributed by atoms with E-state index in [1.54, 1.807) is 0 Å². The second-order valence-electron chi connectivity index (χ2n) is 12.1. The average molecular weight is 631 g/mol. The van der Waals surface area contributed by atoms with Crippen LogP contribution in [0.25, 0.3) is 92.6 Å². The maximum Gasteiger partial charge on any atom is 0.238 e. The molecule has 0 radical (unpaired) electrons. The van der Waals surface area contributed by atoms with E-state index in [0.29, 0.717) is 17.6 Å². The van der Waals surface area contributed by atoms with Crippen molar-refractivity contribution in [2.45, 2.75) is 0 Å². The zero-order valence-electron chi connectivity index (χ0n) is 25.7. The fraction of sp³-hybridized carbons (Fsp3) is 0. The molecule has 0 spiro atoms. The number of hydrogen-bond acceptors (Lipinski definition) is 4. The molecule has 0 aliphatic rings. The minimum absolute atomic E-state index is 0.594. The minimum atomic E-state index is 0.594. The number of benzene rings is 7. The Kier molecular flexibility index (Phi) is 6.01. The molecule has 224 valence electrons. The number of thiophene rings is 1. The van der Waals surface area contributed by atoms with Crippen molar-refractivity contribution in [3.63, 3.8) is 0 Å². The quantitative estimate of drug-likeness (QED) is 0.194. The fourth-order valence-corrected chi connectivity index (χ4v) is 8.07. The second-order valence-corrected chi connectivity index (χ2v) is 13.2. The summed E-state index contributed by atoms with van der Waals surface area (Å²) in [5, 5.41) is 7.36. The summed E-state index contributed by atoms with van der Waals surface area (Å²) in [6, 6.07) is 55.6. The zero-order valence-corrected chi connectivity index (χ0v) is 26.5. The third kappa shape index (κ3) is 4.25. The maximum atomic E-state index is 5.13. The van der Waals surface area contributed by atoms with Crippen LogP contribution in [0.1, 0.15) is 0 Å². The molecule has 0 bridgehead atoms. The maximum absolute atomic E-state index is 5.13. The number of hydrogen-bond donors (Lipinski definition) is 0. The molecule has 7 aromatic carbocycles. The summed E-state index contributed by atoms with van der Waals surface area (Å²) < 4.78 is 4.83. The molecule has 0 unspecified atom stereocenters. The van der Waals surface area contributed by atoms with E-state index in [1.807, 2.05) is 72.0 Å². The summed E-state index contributed by atoms with van der Waals surface area (Å²) in [4.78, 5) is 15.2. The summed E-state index contributed by atoms with van der Waals surface area (Å²) in [6.45, 7) is 0. The molecule has 3 heterocycles. The van der Waals surface area contributed by atoms with Gasteiger partial charge in [-0.2, -0.15) is 9.97 Å². The lowest BCUT2D eigenvalue weighted by Gasteiger charge is -2.11. The largest absolute Gasteiger partial charge is 0.278 e. The highest BCUT2D eigenvalue weighted by atomic mass is 32.1. The van der Waals surface area contributed by atoms with Gasteiger partial charge in [0, 0.05) is 42.1 Å². The molecule has 3 aromatic heterocycles. The van der Waals surface area contributed by atoms with Crippen LogP contribution in [0.2, 0.25) is 0 Å². The number of rotatable bonds is 4. The third-order valence-electron chi connectivity index (χ3n) is 9.25. The van der Waals surface area contributed by atoms with E-state index in [1.165, 1.54) is 47.5 Å². The Morgan fingerprint density at radius 2 is 0.979 bits per heavy atom. The normalized spacial score (nSPS) is 11.8. The van der Waals surface area contributed by atoms with Gasteiger partial charge in [-0.3, -0.25) is 4.57 Å². The third-order valence-corrected chi connectivity index (χ3v) is 10.4. The van der Waals surface area contributed by atoms with E-state index >= 15 is 0 Å². The van der Waals surface area contributed by atoms with Gasteiger partial charge in [-0.1, -0.05) is 121 Å². The lowest BCUT2D eigenvalue weighted by Crippen LogP contribution is -2.06. The highest BCUT2D eigenvalue weighted by molar-refractivity contribution is 7.25. The van der Waals surface area contributed by atoms with Crippen LogP contribution in [0.4, 0.5) is 0 Å². The smallest absolute Gasteiger partial charge is 0.238 e. The minimum Gasteiger partial charge on any atom is -0.278 e. The number of fused-ring (bicyclic) bond motifs is 8. The van der Waals surface area contributed by atoms with Gasteiger partial charge in [0.05, 0.1) is 11.0 Å². The standard InChI is InChI=1S/C43H26N4S/c1-3-12-28(13-4-1)41-44-42(29-14-5-2-6-15-29)46-43(45-41)47-36-22-20-30(26-35(36)40-32-16-8-7-11-27(32)19-23-37(40)47)31-21-24-39-34(25-31)33-17-9-10-18-38(33)48-39/h1-26H. The van der Waals surface area contributed by atoms with Crippen molar-refractivity contribution < 1.29 is 0 Å². The van der Waals surface area contributed by atoms with E-state index < -0.39 is 0 Å². The van der Waals surface area contributed by atoms with Crippen molar-refractivity contribution in [2.75, 3.05) is 0 Å². The van der Waals surface area contributed by atoms with Crippen LogP contribution in [0.5, 0.6) is 0 Å². The van der Waals surface area contributed by atoms with Crippen LogP contribution >= 0.6 is 11.3 Å². The van der Waals surface area contributed by atoms with Crippen LogP contribution in [0, 0.1) is 0 Å². The van der Waals surface area contributed by atoms with Crippen molar-refractivity contribution in [1.29, 1.82) is 0 Å². The lowest BCUT2D eigenvalue weighted by atomic mass is 9.99. The number of aromatic nitrogens is 4. The number of nitrogens with zero attached hydrogens (tertiary/aromatic N) is 4. The van der Waals surface area contributed by atoms with Crippen LogP contribution in [-0.4, -0.2) is 19.5 Å².